The van der Waals surface area contributed by atoms with Crippen molar-refractivity contribution < 1.29 is 4.79 Å². The van der Waals surface area contributed by atoms with E-state index in [0.717, 1.165) is 0 Å². The molecule has 1 aromatic heterocycles. The molecule has 1 rings (SSSR count). The molecule has 13 heavy (non-hydrogen) atoms. The molecule has 0 atom stereocenters. The van der Waals surface area contributed by atoms with E-state index in [4.69, 9.17) is 5.26 Å². The Hall–Kier alpha value is -1.89. The third kappa shape index (κ3) is 2.56. The molecule has 0 bridgehead atoms. The summed E-state index contributed by atoms with van der Waals surface area (Å²) in [5.41, 5.74) is 0.959. The van der Waals surface area contributed by atoms with Crippen molar-refractivity contribution in [2.75, 3.05) is 5.32 Å². The van der Waals surface area contributed by atoms with Gasteiger partial charge in [0.2, 0.25) is 5.91 Å². The van der Waals surface area contributed by atoms with Crippen LogP contribution >= 0.6 is 0 Å². The largest absolute Gasteiger partial charge is 0.325 e. The first kappa shape index (κ1) is 9.20. The molecule has 0 unspecified atom stereocenters. The summed E-state index contributed by atoms with van der Waals surface area (Å²) in [6.07, 6.45) is 1.89. The first-order valence-electron chi connectivity index (χ1n) is 3.92. The fourth-order valence-electron chi connectivity index (χ4n) is 0.783. The quantitative estimate of drug-likeness (QED) is 0.736. The Morgan fingerprint density at radius 3 is 2.92 bits per heavy atom. The maximum absolute atomic E-state index is 10.9. The van der Waals surface area contributed by atoms with E-state index < -0.39 is 0 Å². The van der Waals surface area contributed by atoms with Crippen LogP contribution in [0.5, 0.6) is 0 Å². The highest BCUT2D eigenvalue weighted by Crippen LogP contribution is 2.05. The van der Waals surface area contributed by atoms with Gasteiger partial charge in [-0.15, -0.1) is 0 Å². The van der Waals surface area contributed by atoms with Gasteiger partial charge in [-0.3, -0.25) is 4.79 Å². The maximum atomic E-state index is 10.9. The smallest absolute Gasteiger partial charge is 0.224 e. The van der Waals surface area contributed by atoms with E-state index in [1.807, 2.05) is 6.07 Å². The molecule has 0 fully saturated rings. The maximum Gasteiger partial charge on any atom is 0.224 e. The van der Waals surface area contributed by atoms with E-state index in [9.17, 15) is 4.79 Å². The van der Waals surface area contributed by atoms with Crippen LogP contribution in [0.3, 0.4) is 0 Å². The molecule has 66 valence electrons. The molecule has 1 N–H and O–H groups in total. The van der Waals surface area contributed by atoms with Crippen LogP contribution in [-0.4, -0.2) is 10.9 Å². The van der Waals surface area contributed by atoms with Crippen molar-refractivity contribution in [3.63, 3.8) is 0 Å². The zero-order chi connectivity index (χ0) is 9.68. The van der Waals surface area contributed by atoms with Gasteiger partial charge in [-0.05, 0) is 12.1 Å². The Morgan fingerprint density at radius 2 is 2.46 bits per heavy atom. The number of pyridine rings is 1. The van der Waals surface area contributed by atoms with Gasteiger partial charge in [0, 0.05) is 6.42 Å². The van der Waals surface area contributed by atoms with Crippen LogP contribution in [0.1, 0.15) is 19.0 Å². The Labute approximate surface area is 76.2 Å². The monoisotopic (exact) mass is 175 g/mol. The predicted molar refractivity (Wildman–Crippen MR) is 47.9 cm³/mol. The molecular formula is C9H9N3O. The lowest BCUT2D eigenvalue weighted by Gasteiger charge is -2.01. The lowest BCUT2D eigenvalue weighted by Crippen LogP contribution is -2.09. The lowest BCUT2D eigenvalue weighted by atomic mass is 10.3. The molecule has 4 nitrogen and oxygen atoms in total. The number of carbonyl (C=O) groups is 1. The number of amides is 1. The van der Waals surface area contributed by atoms with E-state index >= 15 is 0 Å². The van der Waals surface area contributed by atoms with E-state index in [1.165, 1.54) is 6.20 Å². The summed E-state index contributed by atoms with van der Waals surface area (Å²) in [4.78, 5) is 14.7. The number of nitrogens with one attached hydrogen (secondary N) is 1. The molecule has 1 aromatic rings. The van der Waals surface area contributed by atoms with Crippen molar-refractivity contribution in [2.45, 2.75) is 13.3 Å². The number of carbonyl (C=O) groups excluding carboxylic acids is 1. The van der Waals surface area contributed by atoms with Crippen LogP contribution < -0.4 is 5.32 Å². The number of nitriles is 1. The third-order valence-electron chi connectivity index (χ3n) is 1.48. The summed E-state index contributed by atoms with van der Waals surface area (Å²) in [5.74, 6) is -0.0634. The van der Waals surface area contributed by atoms with Crippen molar-refractivity contribution in [1.82, 2.24) is 4.98 Å². The Morgan fingerprint density at radius 1 is 1.69 bits per heavy atom. The standard InChI is InChI=1S/C9H9N3O/c1-2-9(13)12-8-4-3-7(5-10)11-6-8/h3-4,6H,2H2,1H3,(H,12,13). The lowest BCUT2D eigenvalue weighted by molar-refractivity contribution is -0.115. The average molecular weight is 175 g/mol. The van der Waals surface area contributed by atoms with Crippen molar-refractivity contribution in [3.05, 3.63) is 24.0 Å². The number of nitrogens with zero attached hydrogens (tertiary/aromatic N) is 2. The summed E-state index contributed by atoms with van der Waals surface area (Å²) >= 11 is 0. The minimum absolute atomic E-state index is 0.0634. The third-order valence-corrected chi connectivity index (χ3v) is 1.48. The van der Waals surface area contributed by atoms with Gasteiger partial charge in [-0.1, -0.05) is 6.92 Å². The van der Waals surface area contributed by atoms with E-state index in [1.54, 1.807) is 19.1 Å². The van der Waals surface area contributed by atoms with Crippen LogP contribution in [0, 0.1) is 11.3 Å². The predicted octanol–water partition coefficient (Wildman–Crippen LogP) is 1.30. The van der Waals surface area contributed by atoms with Crippen LogP contribution in [0.2, 0.25) is 0 Å². The summed E-state index contributed by atoms with van der Waals surface area (Å²) in [6.45, 7) is 1.77. The zero-order valence-corrected chi connectivity index (χ0v) is 7.24. The second-order valence-electron chi connectivity index (χ2n) is 2.45. The Kier molecular flexibility index (Phi) is 2.98. The van der Waals surface area contributed by atoms with Crippen molar-refractivity contribution in [3.8, 4) is 6.07 Å². The van der Waals surface area contributed by atoms with Crippen LogP contribution in [0.4, 0.5) is 5.69 Å². The zero-order valence-electron chi connectivity index (χ0n) is 7.24. The summed E-state index contributed by atoms with van der Waals surface area (Å²) in [6, 6.07) is 5.11. The number of hydrogen-bond acceptors (Lipinski definition) is 3. The number of aromatic nitrogens is 1. The minimum Gasteiger partial charge on any atom is -0.325 e. The van der Waals surface area contributed by atoms with Crippen molar-refractivity contribution in [1.29, 1.82) is 5.26 Å². The normalized spacial score (nSPS) is 8.92. The molecule has 0 aromatic carbocycles. The fourth-order valence-corrected chi connectivity index (χ4v) is 0.783. The second kappa shape index (κ2) is 4.21. The highest BCUT2D eigenvalue weighted by atomic mass is 16.1. The highest BCUT2D eigenvalue weighted by Gasteiger charge is 1.98. The molecule has 0 aliphatic heterocycles. The number of rotatable bonds is 2. The van der Waals surface area contributed by atoms with Crippen molar-refractivity contribution in [2.24, 2.45) is 0 Å². The molecule has 1 amide bonds. The number of anilines is 1. The molecule has 0 aliphatic rings. The summed E-state index contributed by atoms with van der Waals surface area (Å²) in [7, 11) is 0. The molecule has 4 heteroatoms. The molecule has 0 saturated carbocycles. The summed E-state index contributed by atoms with van der Waals surface area (Å²) in [5, 5.41) is 11.1. The molecule has 0 saturated heterocycles. The topological polar surface area (TPSA) is 65.8 Å². The van der Waals surface area contributed by atoms with Crippen molar-refractivity contribution >= 4 is 11.6 Å². The Bertz CT molecular complexity index is 337. The molecule has 1 heterocycles. The van der Waals surface area contributed by atoms with Gasteiger partial charge < -0.3 is 5.32 Å². The van der Waals surface area contributed by atoms with Gasteiger partial charge in [0.1, 0.15) is 11.8 Å². The second-order valence-corrected chi connectivity index (χ2v) is 2.45. The molecular weight excluding hydrogens is 166 g/mol. The van der Waals surface area contributed by atoms with Gasteiger partial charge >= 0.3 is 0 Å². The average Bonchev–Trinajstić information content (AvgIpc) is 2.19. The first-order chi connectivity index (χ1) is 6.26. The fraction of sp³-hybridized carbons (Fsp3) is 0.222. The molecule has 0 radical (unpaired) electrons. The summed E-state index contributed by atoms with van der Waals surface area (Å²) < 4.78 is 0. The van der Waals surface area contributed by atoms with Crippen LogP contribution in [-0.2, 0) is 4.79 Å². The van der Waals surface area contributed by atoms with Crippen LogP contribution in [0.15, 0.2) is 18.3 Å². The van der Waals surface area contributed by atoms with Crippen LogP contribution in [0.25, 0.3) is 0 Å². The molecule has 0 aliphatic carbocycles. The van der Waals surface area contributed by atoms with Gasteiger partial charge in [-0.25, -0.2) is 4.98 Å². The minimum atomic E-state index is -0.0634. The van der Waals surface area contributed by atoms with Gasteiger partial charge in [0.15, 0.2) is 0 Å². The van der Waals surface area contributed by atoms with Gasteiger partial charge in [0.25, 0.3) is 0 Å². The van der Waals surface area contributed by atoms with Gasteiger partial charge in [-0.2, -0.15) is 5.26 Å². The number of hydrogen-bond donors (Lipinski definition) is 1. The highest BCUT2D eigenvalue weighted by molar-refractivity contribution is 5.90. The SMILES string of the molecule is CCC(=O)Nc1ccc(C#N)nc1. The van der Waals surface area contributed by atoms with Gasteiger partial charge in [0.05, 0.1) is 11.9 Å². The Balaban J connectivity index is 2.71. The molecule has 0 spiro atoms. The van der Waals surface area contributed by atoms with E-state index in [-0.39, 0.29) is 5.91 Å². The van der Waals surface area contributed by atoms with E-state index in [2.05, 4.69) is 10.3 Å². The van der Waals surface area contributed by atoms with E-state index in [0.29, 0.717) is 17.8 Å². The first-order valence-corrected chi connectivity index (χ1v) is 3.92.